The second-order valence-corrected chi connectivity index (χ2v) is 5.60. The summed E-state index contributed by atoms with van der Waals surface area (Å²) in [6.07, 6.45) is 0. The molecule has 0 unspecified atom stereocenters. The number of nitrogens with one attached hydrogen (secondary N) is 2. The van der Waals surface area contributed by atoms with Crippen molar-refractivity contribution in [2.75, 3.05) is 48.4 Å². The van der Waals surface area contributed by atoms with Crippen LogP contribution < -0.4 is 43.8 Å². The number of rotatable bonds is 10. The first-order valence-corrected chi connectivity index (χ1v) is 7.82. The fraction of sp³-hybridized carbons (Fsp3) is 0.333. The second kappa shape index (κ2) is 7.30. The zero-order valence-electron chi connectivity index (χ0n) is 12.3. The molecule has 0 atom stereocenters. The molecular formula is C12H14N4O7P+. The Morgan fingerprint density at radius 3 is 1.46 bits per heavy atom. The first kappa shape index (κ1) is 17.7. The van der Waals surface area contributed by atoms with Crippen LogP contribution in [0.25, 0.3) is 0 Å². The van der Waals surface area contributed by atoms with Crippen molar-refractivity contribution in [1.29, 1.82) is 0 Å². The van der Waals surface area contributed by atoms with E-state index < -0.39 is 30.0 Å². The van der Waals surface area contributed by atoms with Crippen LogP contribution in [0.4, 0.5) is 22.7 Å². The van der Waals surface area contributed by atoms with Gasteiger partial charge in [0.2, 0.25) is 0 Å². The van der Waals surface area contributed by atoms with Crippen LogP contribution in [0.1, 0.15) is 0 Å². The molecule has 0 bridgehead atoms. The summed E-state index contributed by atoms with van der Waals surface area (Å²) in [7, 11) is -2.41. The average Bonchev–Trinajstić information content (AvgIpc) is 2.59. The molecule has 0 spiro atoms. The van der Waals surface area contributed by atoms with Crippen molar-refractivity contribution in [2.45, 2.75) is 0 Å². The molecule has 128 valence electrons. The third kappa shape index (κ3) is 3.48. The molecule has 0 aromatic heterocycles. The highest BCUT2D eigenvalue weighted by atomic mass is 31.1. The van der Waals surface area contributed by atoms with Gasteiger partial charge in [-0.2, -0.15) is 0 Å². The number of nitrogen functional groups attached to an aromatic ring is 2. The number of hydrogen-bond donors (Lipinski definition) is 4. The normalized spacial score (nSPS) is 11.0. The number of anilines is 4. The van der Waals surface area contributed by atoms with Crippen LogP contribution in [0.5, 0.6) is 0 Å². The van der Waals surface area contributed by atoms with E-state index in [2.05, 4.69) is 10.6 Å². The lowest BCUT2D eigenvalue weighted by atomic mass is 10.2. The van der Waals surface area contributed by atoms with Gasteiger partial charge in [-0.3, -0.25) is 19.2 Å². The van der Waals surface area contributed by atoms with Gasteiger partial charge in [0.05, 0.1) is 0 Å². The zero-order valence-corrected chi connectivity index (χ0v) is 13.2. The van der Waals surface area contributed by atoms with Gasteiger partial charge in [0.15, 0.2) is 0 Å². The quantitative estimate of drug-likeness (QED) is 0.215. The van der Waals surface area contributed by atoms with Gasteiger partial charge in [-0.25, -0.2) is 0 Å². The van der Waals surface area contributed by atoms with Crippen molar-refractivity contribution in [3.63, 3.8) is 0 Å². The Bertz CT molecular complexity index is 835. The van der Waals surface area contributed by atoms with Crippen LogP contribution in [0.15, 0.2) is 19.2 Å². The third-order valence-electron chi connectivity index (χ3n) is 3.10. The standard InChI is InChI=1S/C12H13N4O7P/c13-5-7(11(19)9(5)17)15-1-3-22-24(21)23-4-2-16-8-6(14)10(18)12(8)20/h1-4H2,(H5-,13,14,15,16,17,18,19,20)/p+1. The van der Waals surface area contributed by atoms with Crippen molar-refractivity contribution in [2.24, 2.45) is 0 Å². The molecule has 0 aliphatic heterocycles. The minimum absolute atomic E-state index is 0.0227. The fourth-order valence-electron chi connectivity index (χ4n) is 1.80. The molecular weight excluding hydrogens is 343 g/mol. The Balaban J connectivity index is 1.57. The van der Waals surface area contributed by atoms with Crippen LogP contribution in [-0.4, -0.2) is 26.3 Å². The maximum Gasteiger partial charge on any atom is 0.697 e. The Kier molecular flexibility index (Phi) is 5.39. The molecule has 0 radical (unpaired) electrons. The van der Waals surface area contributed by atoms with Crippen molar-refractivity contribution < 1.29 is 13.6 Å². The summed E-state index contributed by atoms with van der Waals surface area (Å²) in [5.41, 5.74) is 7.53. The number of nitrogens with two attached hydrogens (primary N) is 2. The topological polar surface area (TPSA) is 180 Å². The van der Waals surface area contributed by atoms with E-state index in [0.717, 1.165) is 0 Å². The summed E-state index contributed by atoms with van der Waals surface area (Å²) in [6.45, 7) is 0.119. The van der Waals surface area contributed by atoms with Gasteiger partial charge in [-0.15, -0.1) is 9.05 Å². The third-order valence-corrected chi connectivity index (χ3v) is 3.88. The van der Waals surface area contributed by atoms with Crippen molar-refractivity contribution >= 4 is 31.0 Å². The minimum Gasteiger partial charge on any atom is -0.394 e. The monoisotopic (exact) mass is 357 g/mol. The molecule has 24 heavy (non-hydrogen) atoms. The van der Waals surface area contributed by atoms with Gasteiger partial charge in [0.1, 0.15) is 36.0 Å². The van der Waals surface area contributed by atoms with Gasteiger partial charge >= 0.3 is 8.25 Å². The summed E-state index contributed by atoms with van der Waals surface area (Å²) < 4.78 is 21.1. The van der Waals surface area contributed by atoms with Crippen molar-refractivity contribution in [3.05, 3.63) is 40.9 Å². The molecule has 0 fully saturated rings. The van der Waals surface area contributed by atoms with Gasteiger partial charge in [-0.05, 0) is 0 Å². The summed E-state index contributed by atoms with van der Waals surface area (Å²) in [6, 6.07) is 0. The Labute approximate surface area is 134 Å². The lowest BCUT2D eigenvalue weighted by molar-refractivity contribution is 0.238. The predicted octanol–water partition coefficient (Wildman–Crippen LogP) is -1.74. The van der Waals surface area contributed by atoms with Gasteiger partial charge in [-0.1, -0.05) is 0 Å². The van der Waals surface area contributed by atoms with E-state index in [9.17, 15) is 23.7 Å². The van der Waals surface area contributed by atoms with E-state index in [0.29, 0.717) is 0 Å². The van der Waals surface area contributed by atoms with E-state index in [1.54, 1.807) is 0 Å². The molecule has 0 amide bonds. The summed E-state index contributed by atoms with van der Waals surface area (Å²) in [4.78, 5) is 43.9. The van der Waals surface area contributed by atoms with Gasteiger partial charge < -0.3 is 22.1 Å². The predicted molar refractivity (Wildman–Crippen MR) is 88.0 cm³/mol. The first-order chi connectivity index (χ1) is 11.3. The van der Waals surface area contributed by atoms with Crippen LogP contribution in [-0.2, 0) is 13.6 Å². The lowest BCUT2D eigenvalue weighted by Crippen LogP contribution is -2.37. The molecule has 0 saturated heterocycles. The molecule has 0 aliphatic carbocycles. The molecule has 0 aliphatic rings. The molecule has 2 aromatic carbocycles. The molecule has 2 rings (SSSR count). The highest BCUT2D eigenvalue weighted by Gasteiger charge is 2.22. The lowest BCUT2D eigenvalue weighted by Gasteiger charge is -2.08. The summed E-state index contributed by atoms with van der Waals surface area (Å²) in [5.74, 6) is 0. The molecule has 0 saturated carbocycles. The largest absolute Gasteiger partial charge is 0.697 e. The van der Waals surface area contributed by atoms with Crippen LogP contribution in [0.2, 0.25) is 0 Å². The smallest absolute Gasteiger partial charge is 0.394 e. The fourth-order valence-corrected chi connectivity index (χ4v) is 2.35. The SMILES string of the molecule is Nc1c(NCCO[P+](=O)OCCNc2c(N)c(=O)c2=O)c(=O)c1=O. The molecule has 12 heteroatoms. The maximum absolute atomic E-state index is 11.4. The van der Waals surface area contributed by atoms with Gasteiger partial charge in [0.25, 0.3) is 21.7 Å². The number of hydrogen-bond acceptors (Lipinski definition) is 11. The summed E-state index contributed by atoms with van der Waals surface area (Å²) >= 11 is 0. The van der Waals surface area contributed by atoms with E-state index >= 15 is 0 Å². The molecule has 6 N–H and O–H groups in total. The van der Waals surface area contributed by atoms with Crippen LogP contribution >= 0.6 is 8.25 Å². The zero-order chi connectivity index (χ0) is 17.9. The van der Waals surface area contributed by atoms with E-state index in [4.69, 9.17) is 20.5 Å². The molecule has 0 heterocycles. The Morgan fingerprint density at radius 2 is 1.12 bits per heavy atom. The van der Waals surface area contributed by atoms with Crippen molar-refractivity contribution in [1.82, 2.24) is 0 Å². The molecule has 2 aromatic rings. The maximum atomic E-state index is 11.4. The minimum atomic E-state index is -2.41. The van der Waals surface area contributed by atoms with Crippen LogP contribution in [0.3, 0.4) is 0 Å². The van der Waals surface area contributed by atoms with E-state index in [1.165, 1.54) is 0 Å². The first-order valence-electron chi connectivity index (χ1n) is 6.73. The van der Waals surface area contributed by atoms with E-state index in [-0.39, 0.29) is 49.1 Å². The van der Waals surface area contributed by atoms with Crippen molar-refractivity contribution in [3.8, 4) is 0 Å². The molecule has 11 nitrogen and oxygen atoms in total. The average molecular weight is 357 g/mol. The Morgan fingerprint density at radius 1 is 0.750 bits per heavy atom. The van der Waals surface area contributed by atoms with Crippen LogP contribution in [0, 0.1) is 0 Å². The highest BCUT2D eigenvalue weighted by Crippen LogP contribution is 2.23. The van der Waals surface area contributed by atoms with Gasteiger partial charge in [0, 0.05) is 17.7 Å². The second-order valence-electron chi connectivity index (χ2n) is 4.64. The Hall–Kier alpha value is -2.62. The van der Waals surface area contributed by atoms with E-state index in [1.807, 2.05) is 0 Å². The highest BCUT2D eigenvalue weighted by molar-refractivity contribution is 7.33. The summed E-state index contributed by atoms with van der Waals surface area (Å²) in [5, 5.41) is 5.18.